The first-order valence-electron chi connectivity index (χ1n) is 8.87. The summed E-state index contributed by atoms with van der Waals surface area (Å²) < 4.78 is 78.9. The van der Waals surface area contributed by atoms with E-state index in [2.05, 4.69) is 20.0 Å². The standard InChI is InChI=1S/C18H17F4N5O4S/c1-17(28,10-32(23,29)30)16-4-2-3-14(24-16)15-9-27(26-25-15)8-11-7-12(5-6-13(11)19)31-18(20,21)22/h2-7,9,28H,8,10H2,1H3,(H2,23,29,30)/t17-/m0/s1. The second-order valence-corrected chi connectivity index (χ2v) is 8.71. The lowest BCUT2D eigenvalue weighted by molar-refractivity contribution is -0.274. The van der Waals surface area contributed by atoms with Crippen LogP contribution in [0, 0.1) is 5.82 Å². The Morgan fingerprint density at radius 1 is 1.19 bits per heavy atom. The van der Waals surface area contributed by atoms with Crippen molar-refractivity contribution < 1.29 is 35.8 Å². The third-order valence-electron chi connectivity index (χ3n) is 4.17. The van der Waals surface area contributed by atoms with Gasteiger partial charge in [0.1, 0.15) is 22.9 Å². The van der Waals surface area contributed by atoms with Crippen LogP contribution in [0.1, 0.15) is 18.2 Å². The predicted octanol–water partition coefficient (Wildman–Crippen LogP) is 1.92. The normalized spacial score (nSPS) is 14.2. The molecule has 1 aromatic carbocycles. The van der Waals surface area contributed by atoms with Gasteiger partial charge in [-0.1, -0.05) is 11.3 Å². The molecular weight excluding hydrogens is 458 g/mol. The van der Waals surface area contributed by atoms with Gasteiger partial charge in [-0.3, -0.25) is 0 Å². The molecule has 1 atom stereocenters. The number of alkyl halides is 3. The number of aliphatic hydroxyl groups is 1. The molecule has 3 rings (SSSR count). The fraction of sp³-hybridized carbons (Fsp3) is 0.278. The van der Waals surface area contributed by atoms with Crippen molar-refractivity contribution in [2.45, 2.75) is 25.4 Å². The Hall–Kier alpha value is -3.10. The Morgan fingerprint density at radius 3 is 2.56 bits per heavy atom. The lowest BCUT2D eigenvalue weighted by Crippen LogP contribution is -2.35. The SMILES string of the molecule is C[C@](O)(CS(N)(=O)=O)c1cccc(-c2cn(Cc3cc(OC(F)(F)F)ccc3F)nn2)n1. The zero-order valence-electron chi connectivity index (χ0n) is 16.4. The first-order chi connectivity index (χ1) is 14.7. The Kier molecular flexibility index (Phi) is 6.22. The highest BCUT2D eigenvalue weighted by atomic mass is 32.2. The number of halogens is 4. The van der Waals surface area contributed by atoms with Crippen LogP contribution in [-0.2, 0) is 22.2 Å². The number of hydrogen-bond donors (Lipinski definition) is 2. The Morgan fingerprint density at radius 2 is 1.91 bits per heavy atom. The number of benzene rings is 1. The Labute approximate surface area is 179 Å². The van der Waals surface area contributed by atoms with Crippen LogP contribution < -0.4 is 9.88 Å². The summed E-state index contributed by atoms with van der Waals surface area (Å²) in [5, 5.41) is 23.1. The molecule has 0 radical (unpaired) electrons. The number of sulfonamides is 1. The number of nitrogens with two attached hydrogens (primary N) is 1. The molecule has 0 fully saturated rings. The third kappa shape index (κ3) is 6.21. The molecule has 0 aliphatic heterocycles. The van der Waals surface area contributed by atoms with Crippen molar-refractivity contribution in [1.82, 2.24) is 20.0 Å². The van der Waals surface area contributed by atoms with Crippen molar-refractivity contribution in [3.05, 3.63) is 59.7 Å². The minimum absolute atomic E-state index is 0.0154. The molecular formula is C18H17F4N5O4S. The smallest absolute Gasteiger partial charge is 0.406 e. The molecule has 3 aromatic rings. The molecule has 0 saturated carbocycles. The van der Waals surface area contributed by atoms with Gasteiger partial charge in [-0.25, -0.2) is 27.6 Å². The van der Waals surface area contributed by atoms with Gasteiger partial charge in [-0.15, -0.1) is 18.3 Å². The molecule has 3 N–H and O–H groups in total. The number of hydrogen-bond acceptors (Lipinski definition) is 7. The number of primary sulfonamides is 1. The third-order valence-corrected chi connectivity index (χ3v) is 5.13. The van der Waals surface area contributed by atoms with Crippen molar-refractivity contribution in [3.8, 4) is 17.1 Å². The van der Waals surface area contributed by atoms with Gasteiger partial charge in [0.25, 0.3) is 0 Å². The van der Waals surface area contributed by atoms with Crippen molar-refractivity contribution in [2.24, 2.45) is 5.14 Å². The first-order valence-corrected chi connectivity index (χ1v) is 10.6. The van der Waals surface area contributed by atoms with Crippen molar-refractivity contribution >= 4 is 10.0 Å². The number of pyridine rings is 1. The topological polar surface area (TPSA) is 133 Å². The fourth-order valence-corrected chi connectivity index (χ4v) is 3.81. The molecule has 0 bridgehead atoms. The molecule has 172 valence electrons. The largest absolute Gasteiger partial charge is 0.573 e. The highest BCUT2D eigenvalue weighted by Crippen LogP contribution is 2.26. The van der Waals surface area contributed by atoms with Gasteiger partial charge in [0.15, 0.2) is 0 Å². The minimum Gasteiger partial charge on any atom is -0.406 e. The van der Waals surface area contributed by atoms with E-state index in [1.165, 1.54) is 36.0 Å². The van der Waals surface area contributed by atoms with Crippen LogP contribution in [0.15, 0.2) is 42.6 Å². The van der Waals surface area contributed by atoms with E-state index in [0.29, 0.717) is 0 Å². The maximum Gasteiger partial charge on any atom is 0.573 e. The van der Waals surface area contributed by atoms with Gasteiger partial charge in [0, 0.05) is 5.56 Å². The maximum absolute atomic E-state index is 14.0. The van der Waals surface area contributed by atoms with E-state index in [1.54, 1.807) is 0 Å². The van der Waals surface area contributed by atoms with Gasteiger partial charge >= 0.3 is 6.36 Å². The average Bonchev–Trinajstić information content (AvgIpc) is 3.10. The van der Waals surface area contributed by atoms with Gasteiger partial charge in [-0.05, 0) is 37.3 Å². The van der Waals surface area contributed by atoms with E-state index in [4.69, 9.17) is 5.14 Å². The first kappa shape index (κ1) is 23.6. The average molecular weight is 475 g/mol. The molecule has 0 aliphatic carbocycles. The highest BCUT2D eigenvalue weighted by molar-refractivity contribution is 7.89. The Bertz CT molecular complexity index is 1230. The van der Waals surface area contributed by atoms with E-state index >= 15 is 0 Å². The van der Waals surface area contributed by atoms with Crippen LogP contribution in [0.4, 0.5) is 17.6 Å². The molecule has 9 nitrogen and oxygen atoms in total. The summed E-state index contributed by atoms with van der Waals surface area (Å²) in [6.45, 7) is 0.982. The van der Waals surface area contributed by atoms with Crippen LogP contribution in [-0.4, -0.2) is 45.6 Å². The number of ether oxygens (including phenoxy) is 1. The second kappa shape index (κ2) is 8.44. The van der Waals surface area contributed by atoms with E-state index in [9.17, 15) is 31.1 Å². The van der Waals surface area contributed by atoms with Crippen LogP contribution in [0.25, 0.3) is 11.4 Å². The summed E-state index contributed by atoms with van der Waals surface area (Å²) in [6, 6.07) is 7.01. The van der Waals surface area contributed by atoms with Crippen molar-refractivity contribution in [1.29, 1.82) is 0 Å². The van der Waals surface area contributed by atoms with Gasteiger partial charge in [0.05, 0.1) is 29.9 Å². The second-order valence-electron chi connectivity index (χ2n) is 7.09. The lowest BCUT2D eigenvalue weighted by Gasteiger charge is -2.21. The van der Waals surface area contributed by atoms with E-state index in [0.717, 1.165) is 18.2 Å². The van der Waals surface area contributed by atoms with E-state index < -0.39 is 39.3 Å². The van der Waals surface area contributed by atoms with E-state index in [1.807, 2.05) is 0 Å². The zero-order valence-corrected chi connectivity index (χ0v) is 17.2. The molecule has 32 heavy (non-hydrogen) atoms. The molecule has 2 heterocycles. The molecule has 0 saturated heterocycles. The highest BCUT2D eigenvalue weighted by Gasteiger charge is 2.32. The number of aromatic nitrogens is 4. The van der Waals surface area contributed by atoms with Crippen LogP contribution >= 0.6 is 0 Å². The van der Waals surface area contributed by atoms with Gasteiger partial charge in [0.2, 0.25) is 10.0 Å². The summed E-state index contributed by atoms with van der Waals surface area (Å²) in [7, 11) is -4.00. The summed E-state index contributed by atoms with van der Waals surface area (Å²) in [5.41, 5.74) is -1.57. The monoisotopic (exact) mass is 475 g/mol. The summed E-state index contributed by atoms with van der Waals surface area (Å²) in [6.07, 6.45) is -3.56. The molecule has 0 unspecified atom stereocenters. The maximum atomic E-state index is 14.0. The lowest BCUT2D eigenvalue weighted by atomic mass is 10.0. The van der Waals surface area contributed by atoms with Crippen LogP contribution in [0.5, 0.6) is 5.75 Å². The van der Waals surface area contributed by atoms with Gasteiger partial charge < -0.3 is 9.84 Å². The molecule has 0 spiro atoms. The Balaban J connectivity index is 1.84. The van der Waals surface area contributed by atoms with Crippen LogP contribution in [0.2, 0.25) is 0 Å². The summed E-state index contributed by atoms with van der Waals surface area (Å²) in [4.78, 5) is 4.19. The molecule has 14 heteroatoms. The van der Waals surface area contributed by atoms with E-state index in [-0.39, 0.29) is 29.2 Å². The predicted molar refractivity (Wildman–Crippen MR) is 103 cm³/mol. The molecule has 2 aromatic heterocycles. The number of nitrogens with zero attached hydrogens (tertiary/aromatic N) is 4. The van der Waals surface area contributed by atoms with Crippen LogP contribution in [0.3, 0.4) is 0 Å². The summed E-state index contributed by atoms with van der Waals surface area (Å²) >= 11 is 0. The van der Waals surface area contributed by atoms with Crippen molar-refractivity contribution in [2.75, 3.05) is 5.75 Å². The van der Waals surface area contributed by atoms with Crippen molar-refractivity contribution in [3.63, 3.8) is 0 Å². The van der Waals surface area contributed by atoms with Gasteiger partial charge in [-0.2, -0.15) is 0 Å². The molecule has 0 aliphatic rings. The minimum atomic E-state index is -4.92. The molecule has 0 amide bonds. The number of rotatable bonds is 7. The quantitative estimate of drug-likeness (QED) is 0.499. The summed E-state index contributed by atoms with van der Waals surface area (Å²) in [5.74, 6) is -2.12. The fourth-order valence-electron chi connectivity index (χ4n) is 2.88. The zero-order chi connectivity index (χ0) is 23.7.